The van der Waals surface area contributed by atoms with Crippen LogP contribution in [0.4, 0.5) is 0 Å². The molecule has 1 N–H and O–H groups in total. The third-order valence-electron chi connectivity index (χ3n) is 3.96. The molecule has 1 aliphatic carbocycles. The molecule has 1 aliphatic rings. The second-order valence-electron chi connectivity index (χ2n) is 5.23. The van der Waals surface area contributed by atoms with Crippen molar-refractivity contribution in [3.8, 4) is 5.75 Å². The minimum absolute atomic E-state index is 0.453. The van der Waals surface area contributed by atoms with Gasteiger partial charge < -0.3 is 5.11 Å². The van der Waals surface area contributed by atoms with Gasteiger partial charge in [0.05, 0.1) is 0 Å². The predicted octanol–water partition coefficient (Wildman–Crippen LogP) is 4.23. The molecule has 0 aliphatic heterocycles. The van der Waals surface area contributed by atoms with Gasteiger partial charge in [0.15, 0.2) is 0 Å². The number of phenolic OH excluding ortho intramolecular Hbond substituents is 1. The standard InChI is InChI=1S/C15H22BrNO/c1-3-17(14-6-4-5-7-14)10-12-9-13(16)8-11(2)15(12)18/h8-9,14,18H,3-7,10H2,1-2H3. The zero-order valence-electron chi connectivity index (χ0n) is 11.2. The van der Waals surface area contributed by atoms with E-state index < -0.39 is 0 Å². The number of hydrogen-bond acceptors (Lipinski definition) is 2. The Hall–Kier alpha value is -0.540. The molecule has 2 rings (SSSR count). The molecule has 0 bridgehead atoms. The molecule has 0 atom stereocenters. The highest BCUT2D eigenvalue weighted by Crippen LogP contribution is 2.30. The van der Waals surface area contributed by atoms with Gasteiger partial charge in [0.1, 0.15) is 5.75 Å². The first-order valence-electron chi connectivity index (χ1n) is 6.84. The molecular formula is C15H22BrNO. The molecule has 0 spiro atoms. The molecule has 100 valence electrons. The maximum atomic E-state index is 10.2. The van der Waals surface area contributed by atoms with Gasteiger partial charge in [0, 0.05) is 22.6 Å². The van der Waals surface area contributed by atoms with Crippen LogP contribution < -0.4 is 0 Å². The van der Waals surface area contributed by atoms with E-state index in [4.69, 9.17) is 0 Å². The molecule has 0 heterocycles. The van der Waals surface area contributed by atoms with E-state index in [1.165, 1.54) is 25.7 Å². The summed E-state index contributed by atoms with van der Waals surface area (Å²) < 4.78 is 1.05. The fourth-order valence-corrected chi connectivity index (χ4v) is 3.53. The van der Waals surface area contributed by atoms with Crippen LogP contribution in [0.2, 0.25) is 0 Å². The van der Waals surface area contributed by atoms with E-state index >= 15 is 0 Å². The Morgan fingerprint density at radius 3 is 2.61 bits per heavy atom. The highest BCUT2D eigenvalue weighted by atomic mass is 79.9. The van der Waals surface area contributed by atoms with Crippen molar-refractivity contribution < 1.29 is 5.11 Å². The smallest absolute Gasteiger partial charge is 0.123 e. The molecule has 0 aromatic heterocycles. The summed E-state index contributed by atoms with van der Waals surface area (Å²) in [5, 5.41) is 10.2. The van der Waals surface area contributed by atoms with Crippen LogP contribution in [0.5, 0.6) is 5.75 Å². The Labute approximate surface area is 118 Å². The fourth-order valence-electron chi connectivity index (χ4n) is 2.91. The predicted molar refractivity (Wildman–Crippen MR) is 78.9 cm³/mol. The first-order chi connectivity index (χ1) is 8.61. The lowest BCUT2D eigenvalue weighted by atomic mass is 10.1. The van der Waals surface area contributed by atoms with Crippen LogP contribution in [-0.2, 0) is 6.54 Å². The summed E-state index contributed by atoms with van der Waals surface area (Å²) >= 11 is 3.51. The third kappa shape index (κ3) is 3.07. The van der Waals surface area contributed by atoms with Gasteiger partial charge in [0.25, 0.3) is 0 Å². The van der Waals surface area contributed by atoms with Crippen molar-refractivity contribution in [2.24, 2.45) is 0 Å². The molecule has 0 radical (unpaired) electrons. The van der Waals surface area contributed by atoms with Crippen LogP contribution >= 0.6 is 15.9 Å². The molecule has 0 unspecified atom stereocenters. The van der Waals surface area contributed by atoms with Gasteiger partial charge in [-0.3, -0.25) is 4.90 Å². The second-order valence-corrected chi connectivity index (χ2v) is 6.15. The number of benzene rings is 1. The van der Waals surface area contributed by atoms with E-state index in [0.717, 1.165) is 28.7 Å². The maximum absolute atomic E-state index is 10.2. The Kier molecular flexibility index (Phi) is 4.68. The van der Waals surface area contributed by atoms with Crippen molar-refractivity contribution in [3.63, 3.8) is 0 Å². The van der Waals surface area contributed by atoms with Crippen LogP contribution in [0.15, 0.2) is 16.6 Å². The van der Waals surface area contributed by atoms with Gasteiger partial charge in [0.2, 0.25) is 0 Å². The number of rotatable bonds is 4. The van der Waals surface area contributed by atoms with Crippen molar-refractivity contribution in [1.82, 2.24) is 4.90 Å². The highest BCUT2D eigenvalue weighted by Gasteiger charge is 2.22. The van der Waals surface area contributed by atoms with Crippen LogP contribution in [0, 0.1) is 6.92 Å². The monoisotopic (exact) mass is 311 g/mol. The molecule has 1 fully saturated rings. The number of aromatic hydroxyl groups is 1. The Morgan fingerprint density at radius 2 is 2.00 bits per heavy atom. The first kappa shape index (κ1) is 13.9. The number of aryl methyl sites for hydroxylation is 1. The minimum Gasteiger partial charge on any atom is -0.507 e. The van der Waals surface area contributed by atoms with Crippen molar-refractivity contribution in [3.05, 3.63) is 27.7 Å². The first-order valence-corrected chi connectivity index (χ1v) is 7.63. The highest BCUT2D eigenvalue weighted by molar-refractivity contribution is 9.10. The lowest BCUT2D eigenvalue weighted by Crippen LogP contribution is -2.32. The SMILES string of the molecule is CCN(Cc1cc(Br)cc(C)c1O)C1CCCC1. The lowest BCUT2D eigenvalue weighted by molar-refractivity contribution is 0.198. The van der Waals surface area contributed by atoms with E-state index in [1.807, 2.05) is 19.1 Å². The van der Waals surface area contributed by atoms with Gasteiger partial charge in [-0.15, -0.1) is 0 Å². The van der Waals surface area contributed by atoms with Gasteiger partial charge in [-0.1, -0.05) is 35.7 Å². The van der Waals surface area contributed by atoms with E-state index in [1.54, 1.807) is 0 Å². The van der Waals surface area contributed by atoms with Gasteiger partial charge >= 0.3 is 0 Å². The summed E-state index contributed by atoms with van der Waals surface area (Å²) in [7, 11) is 0. The summed E-state index contributed by atoms with van der Waals surface area (Å²) in [6.07, 6.45) is 5.32. The topological polar surface area (TPSA) is 23.5 Å². The second kappa shape index (κ2) is 6.07. The van der Waals surface area contributed by atoms with Crippen molar-refractivity contribution in [1.29, 1.82) is 0 Å². The average Bonchev–Trinajstić information content (AvgIpc) is 2.85. The number of hydrogen-bond donors (Lipinski definition) is 1. The van der Waals surface area contributed by atoms with Crippen LogP contribution in [-0.4, -0.2) is 22.6 Å². The Bertz CT molecular complexity index is 413. The summed E-state index contributed by atoms with van der Waals surface area (Å²) in [5.74, 6) is 0.453. The van der Waals surface area contributed by atoms with Crippen LogP contribution in [0.1, 0.15) is 43.7 Å². The Morgan fingerprint density at radius 1 is 1.33 bits per heavy atom. The molecule has 0 saturated heterocycles. The summed E-state index contributed by atoms with van der Waals surface area (Å²) in [6.45, 7) is 6.07. The zero-order valence-corrected chi connectivity index (χ0v) is 12.8. The number of halogens is 1. The largest absolute Gasteiger partial charge is 0.507 e. The van der Waals surface area contributed by atoms with E-state index in [0.29, 0.717) is 11.8 Å². The summed E-state index contributed by atoms with van der Waals surface area (Å²) in [6, 6.07) is 4.71. The van der Waals surface area contributed by atoms with Crippen LogP contribution in [0.3, 0.4) is 0 Å². The lowest BCUT2D eigenvalue weighted by Gasteiger charge is -2.28. The number of nitrogens with zero attached hydrogens (tertiary/aromatic N) is 1. The van der Waals surface area contributed by atoms with Crippen LogP contribution in [0.25, 0.3) is 0 Å². The van der Waals surface area contributed by atoms with E-state index in [9.17, 15) is 5.11 Å². The minimum atomic E-state index is 0.453. The normalized spacial score (nSPS) is 16.7. The van der Waals surface area contributed by atoms with Gasteiger partial charge in [-0.05, 0) is 44.0 Å². The molecular weight excluding hydrogens is 290 g/mol. The molecule has 1 saturated carbocycles. The summed E-state index contributed by atoms with van der Waals surface area (Å²) in [5.41, 5.74) is 1.98. The van der Waals surface area contributed by atoms with Crippen molar-refractivity contribution in [2.45, 2.75) is 52.1 Å². The number of phenols is 1. The quantitative estimate of drug-likeness (QED) is 0.899. The molecule has 18 heavy (non-hydrogen) atoms. The van der Waals surface area contributed by atoms with E-state index in [2.05, 4.69) is 27.8 Å². The van der Waals surface area contributed by atoms with Crippen molar-refractivity contribution >= 4 is 15.9 Å². The van der Waals surface area contributed by atoms with E-state index in [-0.39, 0.29) is 0 Å². The molecule has 2 nitrogen and oxygen atoms in total. The summed E-state index contributed by atoms with van der Waals surface area (Å²) in [4.78, 5) is 2.49. The maximum Gasteiger partial charge on any atom is 0.123 e. The molecule has 1 aromatic rings. The zero-order chi connectivity index (χ0) is 13.1. The van der Waals surface area contributed by atoms with Crippen molar-refractivity contribution in [2.75, 3.05) is 6.54 Å². The van der Waals surface area contributed by atoms with Gasteiger partial charge in [-0.25, -0.2) is 0 Å². The molecule has 3 heteroatoms. The Balaban J connectivity index is 2.16. The fraction of sp³-hybridized carbons (Fsp3) is 0.600. The average molecular weight is 312 g/mol. The molecule has 0 amide bonds. The third-order valence-corrected chi connectivity index (χ3v) is 4.42. The molecule has 1 aromatic carbocycles. The van der Waals surface area contributed by atoms with Gasteiger partial charge in [-0.2, -0.15) is 0 Å².